The number of hydrogen-bond donors (Lipinski definition) is 1. The Bertz CT molecular complexity index is 439. The van der Waals surface area contributed by atoms with Crippen molar-refractivity contribution in [2.45, 2.75) is 5.25 Å². The number of hydrogen-bond acceptors (Lipinski definition) is 1. The monoisotopic (exact) mass is 240 g/mol. The summed E-state index contributed by atoms with van der Waals surface area (Å²) < 4.78 is 27.6. The molecule has 1 heterocycles. The van der Waals surface area contributed by atoms with Crippen LogP contribution in [-0.4, -0.2) is 11.0 Å². The van der Waals surface area contributed by atoms with Crippen LogP contribution in [0.3, 0.4) is 0 Å². The lowest BCUT2D eigenvalue weighted by Gasteiger charge is -2.22. The molecule has 4 heteroatoms. The standard InChI is InChI=1S/C12H10F2OS/c13-12(14,16-8-4-5-9-16)11(15)10-6-2-1-3-7-10/h1-9,16H. The van der Waals surface area contributed by atoms with Crippen LogP contribution >= 0.6 is 10.9 Å². The van der Waals surface area contributed by atoms with Crippen LogP contribution in [-0.2, 0) is 0 Å². The molecule has 1 aliphatic heterocycles. The first-order valence-electron chi connectivity index (χ1n) is 4.73. The van der Waals surface area contributed by atoms with Gasteiger partial charge in [0, 0.05) is 5.56 Å². The molecule has 0 aromatic heterocycles. The molecule has 1 aromatic carbocycles. The average molecular weight is 240 g/mol. The van der Waals surface area contributed by atoms with Gasteiger partial charge in [-0.1, -0.05) is 42.5 Å². The number of benzene rings is 1. The van der Waals surface area contributed by atoms with Crippen LogP contribution in [0.5, 0.6) is 0 Å². The van der Waals surface area contributed by atoms with Gasteiger partial charge in [0.05, 0.1) is 0 Å². The van der Waals surface area contributed by atoms with Gasteiger partial charge in [0.25, 0.3) is 0 Å². The maximum atomic E-state index is 13.8. The van der Waals surface area contributed by atoms with Crippen molar-refractivity contribution in [3.63, 3.8) is 0 Å². The van der Waals surface area contributed by atoms with Gasteiger partial charge in [-0.2, -0.15) is 8.78 Å². The predicted octanol–water partition coefficient (Wildman–Crippen LogP) is 3.50. The van der Waals surface area contributed by atoms with Gasteiger partial charge in [0.2, 0.25) is 5.78 Å². The zero-order valence-electron chi connectivity index (χ0n) is 8.31. The van der Waals surface area contributed by atoms with Crippen molar-refractivity contribution in [1.82, 2.24) is 0 Å². The molecule has 0 atom stereocenters. The molecule has 0 saturated heterocycles. The van der Waals surface area contributed by atoms with Crippen molar-refractivity contribution in [2.24, 2.45) is 0 Å². The number of carbonyl (C=O) groups is 1. The molecule has 0 N–H and O–H groups in total. The summed E-state index contributed by atoms with van der Waals surface area (Å²) >= 11 is 0. The Morgan fingerprint density at radius 2 is 1.62 bits per heavy atom. The highest BCUT2D eigenvalue weighted by molar-refractivity contribution is 8.23. The number of ketones is 1. The van der Waals surface area contributed by atoms with Crippen LogP contribution < -0.4 is 0 Å². The van der Waals surface area contributed by atoms with Crippen LogP contribution in [0.4, 0.5) is 8.78 Å². The molecule has 0 bridgehead atoms. The summed E-state index contributed by atoms with van der Waals surface area (Å²) in [6, 6.07) is 7.67. The van der Waals surface area contributed by atoms with Gasteiger partial charge in [-0.3, -0.25) is 4.79 Å². The largest absolute Gasteiger partial charge is 0.345 e. The number of rotatable bonds is 3. The first-order valence-corrected chi connectivity index (χ1v) is 6.21. The van der Waals surface area contributed by atoms with E-state index in [1.165, 1.54) is 22.9 Å². The second-order valence-electron chi connectivity index (χ2n) is 3.33. The van der Waals surface area contributed by atoms with Crippen molar-refractivity contribution in [3.8, 4) is 0 Å². The fraction of sp³-hybridized carbons (Fsp3) is 0.0833. The van der Waals surface area contributed by atoms with Crippen molar-refractivity contribution in [2.75, 3.05) is 0 Å². The lowest BCUT2D eigenvalue weighted by atomic mass is 10.1. The van der Waals surface area contributed by atoms with E-state index in [0.29, 0.717) is 0 Å². The number of carbonyl (C=O) groups excluding carboxylic acids is 1. The third-order valence-corrected chi connectivity index (χ3v) is 4.08. The maximum Gasteiger partial charge on any atom is 0.345 e. The summed E-state index contributed by atoms with van der Waals surface area (Å²) in [6.45, 7) is 0. The molecule has 1 aromatic rings. The van der Waals surface area contributed by atoms with Crippen LogP contribution in [0, 0.1) is 0 Å². The summed E-state index contributed by atoms with van der Waals surface area (Å²) in [5.41, 5.74) is 0.0590. The topological polar surface area (TPSA) is 17.1 Å². The minimum absolute atomic E-state index is 0.0590. The van der Waals surface area contributed by atoms with E-state index in [0.717, 1.165) is 0 Å². The van der Waals surface area contributed by atoms with Gasteiger partial charge in [-0.15, -0.1) is 10.9 Å². The Morgan fingerprint density at radius 3 is 2.19 bits per heavy atom. The number of halogens is 2. The van der Waals surface area contributed by atoms with Gasteiger partial charge >= 0.3 is 5.25 Å². The van der Waals surface area contributed by atoms with E-state index in [1.54, 1.807) is 30.4 Å². The van der Waals surface area contributed by atoms with E-state index >= 15 is 0 Å². The van der Waals surface area contributed by atoms with Gasteiger partial charge in [0.1, 0.15) is 0 Å². The molecular weight excluding hydrogens is 230 g/mol. The molecule has 0 fully saturated rings. The molecule has 84 valence electrons. The highest BCUT2D eigenvalue weighted by Crippen LogP contribution is 2.50. The smallest absolute Gasteiger partial charge is 0.286 e. The molecular formula is C12H10F2OS. The van der Waals surface area contributed by atoms with Crippen molar-refractivity contribution >= 4 is 16.7 Å². The van der Waals surface area contributed by atoms with E-state index < -0.39 is 21.9 Å². The zero-order chi connectivity index (χ0) is 11.6. The van der Waals surface area contributed by atoms with Crippen LogP contribution in [0.2, 0.25) is 0 Å². The first kappa shape index (κ1) is 11.1. The average Bonchev–Trinajstić information content (AvgIpc) is 2.83. The number of Topliss-reactive ketones (excluding diaryl/α,β-unsaturated/α-hetero) is 1. The lowest BCUT2D eigenvalue weighted by Crippen LogP contribution is -2.27. The van der Waals surface area contributed by atoms with Gasteiger partial charge in [-0.25, -0.2) is 0 Å². The van der Waals surface area contributed by atoms with E-state index in [9.17, 15) is 13.6 Å². The number of alkyl halides is 2. The van der Waals surface area contributed by atoms with Gasteiger partial charge in [-0.05, 0) is 10.8 Å². The number of thiol groups is 1. The minimum atomic E-state index is -3.31. The predicted molar refractivity (Wildman–Crippen MR) is 63.0 cm³/mol. The summed E-state index contributed by atoms with van der Waals surface area (Å²) in [6.07, 6.45) is 3.11. The maximum absolute atomic E-state index is 13.8. The van der Waals surface area contributed by atoms with Crippen LogP contribution in [0.25, 0.3) is 0 Å². The first-order chi connectivity index (χ1) is 7.62. The van der Waals surface area contributed by atoms with Crippen molar-refractivity contribution in [3.05, 3.63) is 58.9 Å². The van der Waals surface area contributed by atoms with E-state index in [-0.39, 0.29) is 5.56 Å². The van der Waals surface area contributed by atoms with Crippen LogP contribution in [0.15, 0.2) is 53.3 Å². The second kappa shape index (κ2) is 4.22. The number of allylic oxidation sites excluding steroid dienone is 2. The Hall–Kier alpha value is -1.42. The molecule has 2 rings (SSSR count). The molecule has 0 aliphatic carbocycles. The second-order valence-corrected chi connectivity index (χ2v) is 5.30. The third-order valence-electron chi connectivity index (χ3n) is 2.24. The van der Waals surface area contributed by atoms with E-state index in [2.05, 4.69) is 0 Å². The SMILES string of the molecule is O=C(c1ccccc1)C(F)(F)[SH]1C=CC=C1. The minimum Gasteiger partial charge on any atom is -0.286 e. The molecule has 0 unspecified atom stereocenters. The fourth-order valence-corrected chi connectivity index (χ4v) is 2.81. The van der Waals surface area contributed by atoms with Gasteiger partial charge < -0.3 is 0 Å². The Labute approximate surface area is 94.8 Å². The lowest BCUT2D eigenvalue weighted by molar-refractivity contribution is 0.0564. The summed E-state index contributed by atoms with van der Waals surface area (Å²) in [7, 11) is -1.80. The normalized spacial score (nSPS) is 16.8. The summed E-state index contributed by atoms with van der Waals surface area (Å²) in [5.74, 6) is -1.10. The van der Waals surface area contributed by atoms with Gasteiger partial charge in [0.15, 0.2) is 0 Å². The molecule has 0 radical (unpaired) electrons. The van der Waals surface area contributed by atoms with Crippen molar-refractivity contribution < 1.29 is 13.6 Å². The highest BCUT2D eigenvalue weighted by atomic mass is 32.2. The summed E-state index contributed by atoms with van der Waals surface area (Å²) in [4.78, 5) is 11.7. The molecule has 0 amide bonds. The summed E-state index contributed by atoms with van der Waals surface area (Å²) in [5, 5.41) is -0.507. The van der Waals surface area contributed by atoms with Crippen molar-refractivity contribution in [1.29, 1.82) is 0 Å². The molecule has 1 nitrogen and oxygen atoms in total. The molecule has 0 spiro atoms. The fourth-order valence-electron chi connectivity index (χ4n) is 1.40. The van der Waals surface area contributed by atoms with E-state index in [4.69, 9.17) is 0 Å². The molecule has 0 saturated carbocycles. The van der Waals surface area contributed by atoms with E-state index in [1.807, 2.05) is 0 Å². The quantitative estimate of drug-likeness (QED) is 0.632. The molecule has 16 heavy (non-hydrogen) atoms. The highest BCUT2D eigenvalue weighted by Gasteiger charge is 2.43. The Morgan fingerprint density at radius 1 is 1.06 bits per heavy atom. The Balaban J connectivity index is 2.27. The zero-order valence-corrected chi connectivity index (χ0v) is 9.20. The van der Waals surface area contributed by atoms with Crippen LogP contribution in [0.1, 0.15) is 10.4 Å². The third kappa shape index (κ3) is 1.93. The Kier molecular flexibility index (Phi) is 2.92. The molecule has 1 aliphatic rings.